The van der Waals surface area contributed by atoms with Crippen molar-refractivity contribution in [2.75, 3.05) is 18.1 Å². The molecule has 0 saturated carbocycles. The molecule has 0 saturated heterocycles. The quantitative estimate of drug-likeness (QED) is 0.710. The first kappa shape index (κ1) is 14.1. The molecule has 3 heteroatoms. The minimum atomic E-state index is -0.665. The molecule has 2 nitrogen and oxygen atoms in total. The molecule has 0 heterocycles. The van der Waals surface area contributed by atoms with Gasteiger partial charge in [-0.15, -0.1) is 0 Å². The third-order valence-electron chi connectivity index (χ3n) is 2.16. The molecule has 86 valence electrons. The lowest BCUT2D eigenvalue weighted by molar-refractivity contribution is 0.440. The predicted octanol–water partition coefficient (Wildman–Crippen LogP) is 2.03. The Labute approximate surface area is 91.3 Å². The molecular weight excluding hydrogens is 194 g/mol. The molecule has 0 amide bonds. The Morgan fingerprint density at radius 2 is 1.71 bits per heavy atom. The fraction of sp³-hybridized carbons (Fsp3) is 1.00. The lowest BCUT2D eigenvalue weighted by atomic mass is 10.1. The van der Waals surface area contributed by atoms with Crippen LogP contribution in [-0.4, -0.2) is 28.3 Å². The zero-order valence-electron chi connectivity index (χ0n) is 10.2. The van der Waals surface area contributed by atoms with Crippen LogP contribution in [0.3, 0.4) is 0 Å². The van der Waals surface area contributed by atoms with E-state index in [1.165, 1.54) is 0 Å². The topological polar surface area (TPSA) is 29.1 Å². The smallest absolute Gasteiger partial charge is 0.0391 e. The summed E-state index contributed by atoms with van der Waals surface area (Å²) in [5.74, 6) is 2.72. The summed E-state index contributed by atoms with van der Waals surface area (Å²) < 4.78 is 11.7. The first-order valence-corrected chi connectivity index (χ1v) is 7.04. The third kappa shape index (κ3) is 6.55. The van der Waals surface area contributed by atoms with Crippen LogP contribution in [0.4, 0.5) is 0 Å². The zero-order valence-corrected chi connectivity index (χ0v) is 11.0. The van der Waals surface area contributed by atoms with Crippen LogP contribution >= 0.6 is 0 Å². The third-order valence-corrected chi connectivity index (χ3v) is 3.93. The number of nitrogens with one attached hydrogen (secondary N) is 1. The summed E-state index contributed by atoms with van der Waals surface area (Å²) in [6.45, 7) is 11.7. The van der Waals surface area contributed by atoms with Gasteiger partial charge in [0.15, 0.2) is 0 Å². The Morgan fingerprint density at radius 3 is 2.07 bits per heavy atom. The molecule has 0 rings (SSSR count). The van der Waals surface area contributed by atoms with Gasteiger partial charge in [-0.2, -0.15) is 0 Å². The molecule has 0 aromatic carbocycles. The van der Waals surface area contributed by atoms with Crippen LogP contribution in [0, 0.1) is 11.8 Å². The Hall–Kier alpha value is 0.110. The van der Waals surface area contributed by atoms with Crippen LogP contribution in [0.15, 0.2) is 0 Å². The van der Waals surface area contributed by atoms with Gasteiger partial charge in [-0.25, -0.2) is 0 Å². The van der Waals surface area contributed by atoms with E-state index < -0.39 is 10.8 Å². The number of hydrogen-bond donors (Lipinski definition) is 1. The highest BCUT2D eigenvalue weighted by Crippen LogP contribution is 2.05. The second-order valence-electron chi connectivity index (χ2n) is 4.58. The van der Waals surface area contributed by atoms with Crippen molar-refractivity contribution in [1.29, 1.82) is 0 Å². The first-order valence-electron chi connectivity index (χ1n) is 5.55. The molecule has 0 spiro atoms. The van der Waals surface area contributed by atoms with Crippen molar-refractivity contribution in [2.24, 2.45) is 11.8 Å². The van der Waals surface area contributed by atoms with Crippen molar-refractivity contribution in [3.63, 3.8) is 0 Å². The molecule has 0 bridgehead atoms. The van der Waals surface area contributed by atoms with E-state index in [0.717, 1.165) is 18.1 Å². The molecule has 1 N–H and O–H groups in total. The van der Waals surface area contributed by atoms with Crippen LogP contribution in [0.1, 0.15) is 34.6 Å². The van der Waals surface area contributed by atoms with E-state index in [2.05, 4.69) is 39.9 Å². The summed E-state index contributed by atoms with van der Waals surface area (Å²) in [6, 6.07) is 0.402. The van der Waals surface area contributed by atoms with Gasteiger partial charge < -0.3 is 5.32 Å². The summed E-state index contributed by atoms with van der Waals surface area (Å²) in [6.07, 6.45) is 0. The van der Waals surface area contributed by atoms with Gasteiger partial charge in [-0.3, -0.25) is 4.21 Å². The van der Waals surface area contributed by atoms with E-state index >= 15 is 0 Å². The highest BCUT2D eigenvalue weighted by atomic mass is 32.2. The number of rotatable bonds is 7. The lowest BCUT2D eigenvalue weighted by Crippen LogP contribution is -2.39. The molecule has 2 atom stereocenters. The van der Waals surface area contributed by atoms with Gasteiger partial charge in [-0.05, 0) is 18.4 Å². The largest absolute Gasteiger partial charge is 0.313 e. The summed E-state index contributed by atoms with van der Waals surface area (Å²) in [5.41, 5.74) is 0. The van der Waals surface area contributed by atoms with E-state index in [4.69, 9.17) is 0 Å². The molecule has 0 aromatic heterocycles. The van der Waals surface area contributed by atoms with Crippen LogP contribution in [0.5, 0.6) is 0 Å². The van der Waals surface area contributed by atoms with Gasteiger partial charge in [0.05, 0.1) is 0 Å². The van der Waals surface area contributed by atoms with Crippen molar-refractivity contribution in [3.05, 3.63) is 0 Å². The molecule has 0 radical (unpaired) electrons. The molecular formula is C11H25NOS. The molecule has 0 aliphatic heterocycles. The molecule has 0 aliphatic rings. The first-order chi connectivity index (χ1) is 6.47. The standard InChI is InChI=1S/C11H25NOS/c1-6-12-11(10(4)5)8-14(13)7-9(2)3/h9-12H,6-8H2,1-5H3. The number of hydrogen-bond acceptors (Lipinski definition) is 2. The molecule has 2 unspecified atom stereocenters. The summed E-state index contributed by atoms with van der Waals surface area (Å²) in [5, 5.41) is 3.39. The zero-order chi connectivity index (χ0) is 11.1. The summed E-state index contributed by atoms with van der Waals surface area (Å²) in [7, 11) is -0.665. The van der Waals surface area contributed by atoms with Crippen molar-refractivity contribution < 1.29 is 4.21 Å². The van der Waals surface area contributed by atoms with Crippen LogP contribution in [0.2, 0.25) is 0 Å². The summed E-state index contributed by atoms with van der Waals surface area (Å²) >= 11 is 0. The minimum Gasteiger partial charge on any atom is -0.313 e. The van der Waals surface area contributed by atoms with E-state index in [0.29, 0.717) is 17.9 Å². The van der Waals surface area contributed by atoms with Crippen LogP contribution < -0.4 is 5.32 Å². The fourth-order valence-electron chi connectivity index (χ4n) is 1.39. The SMILES string of the molecule is CCNC(CS(=O)CC(C)C)C(C)C. The molecule has 0 fully saturated rings. The van der Waals surface area contributed by atoms with Crippen molar-refractivity contribution >= 4 is 10.8 Å². The average molecular weight is 219 g/mol. The maximum absolute atomic E-state index is 11.7. The van der Waals surface area contributed by atoms with Gasteiger partial charge in [0.1, 0.15) is 0 Å². The van der Waals surface area contributed by atoms with Crippen molar-refractivity contribution in [2.45, 2.75) is 40.7 Å². The van der Waals surface area contributed by atoms with E-state index in [1.54, 1.807) is 0 Å². The van der Waals surface area contributed by atoms with Crippen molar-refractivity contribution in [3.8, 4) is 0 Å². The van der Waals surface area contributed by atoms with E-state index in [9.17, 15) is 4.21 Å². The van der Waals surface area contributed by atoms with Gasteiger partial charge in [-0.1, -0.05) is 34.6 Å². The molecule has 14 heavy (non-hydrogen) atoms. The minimum absolute atomic E-state index is 0.402. The van der Waals surface area contributed by atoms with Gasteiger partial charge in [0.2, 0.25) is 0 Å². The van der Waals surface area contributed by atoms with E-state index in [1.807, 2.05) is 0 Å². The molecule has 0 aromatic rings. The second kappa shape index (κ2) is 7.41. The van der Waals surface area contributed by atoms with Crippen LogP contribution in [-0.2, 0) is 10.8 Å². The maximum atomic E-state index is 11.7. The predicted molar refractivity (Wildman–Crippen MR) is 65.0 cm³/mol. The lowest BCUT2D eigenvalue weighted by Gasteiger charge is -2.21. The Morgan fingerprint density at radius 1 is 1.14 bits per heavy atom. The van der Waals surface area contributed by atoms with Crippen LogP contribution in [0.25, 0.3) is 0 Å². The average Bonchev–Trinajstić information content (AvgIpc) is 2.01. The Balaban J connectivity index is 3.96. The van der Waals surface area contributed by atoms with Crippen molar-refractivity contribution in [1.82, 2.24) is 5.32 Å². The maximum Gasteiger partial charge on any atom is 0.0391 e. The summed E-state index contributed by atoms with van der Waals surface area (Å²) in [4.78, 5) is 0. The van der Waals surface area contributed by atoms with Gasteiger partial charge in [0, 0.05) is 28.3 Å². The monoisotopic (exact) mass is 219 g/mol. The molecule has 0 aliphatic carbocycles. The van der Waals surface area contributed by atoms with E-state index in [-0.39, 0.29) is 0 Å². The fourth-order valence-corrected chi connectivity index (χ4v) is 3.17. The Bertz CT molecular complexity index is 169. The van der Waals surface area contributed by atoms with Gasteiger partial charge >= 0.3 is 0 Å². The Kier molecular flexibility index (Phi) is 7.47. The normalized spacial score (nSPS) is 16.2. The highest BCUT2D eigenvalue weighted by molar-refractivity contribution is 7.85. The van der Waals surface area contributed by atoms with Gasteiger partial charge in [0.25, 0.3) is 0 Å². The highest BCUT2D eigenvalue weighted by Gasteiger charge is 2.15. The second-order valence-corrected chi connectivity index (χ2v) is 6.12.